The predicted octanol–water partition coefficient (Wildman–Crippen LogP) is 6.54. The molecule has 1 aliphatic carbocycles. The highest BCUT2D eigenvalue weighted by atomic mass is 16.5. The summed E-state index contributed by atoms with van der Waals surface area (Å²) in [5.74, 6) is 3.21. The normalized spacial score (nSPS) is 12.4. The van der Waals surface area contributed by atoms with Crippen molar-refractivity contribution in [3.8, 4) is 17.2 Å². The van der Waals surface area contributed by atoms with E-state index in [-0.39, 0.29) is 0 Å². The molecule has 0 fully saturated rings. The molecule has 0 aromatic heterocycles. The van der Waals surface area contributed by atoms with Gasteiger partial charge in [-0.05, 0) is 26.3 Å². The molecule has 0 aliphatic heterocycles. The van der Waals surface area contributed by atoms with Gasteiger partial charge in [0, 0.05) is 18.6 Å². The molecule has 0 unspecified atom stereocenters. The first-order valence-electron chi connectivity index (χ1n) is 9.16. The van der Waals surface area contributed by atoms with Gasteiger partial charge in [-0.25, -0.2) is 0 Å². The van der Waals surface area contributed by atoms with E-state index in [1.54, 1.807) is 21.3 Å². The van der Waals surface area contributed by atoms with E-state index in [1.165, 1.54) is 11.8 Å². The maximum absolute atomic E-state index is 5.27. The Morgan fingerprint density at radius 3 is 1.89 bits per heavy atom. The van der Waals surface area contributed by atoms with Crippen LogP contribution in [0.2, 0.25) is 0 Å². The van der Waals surface area contributed by atoms with Gasteiger partial charge >= 0.3 is 0 Å². The Morgan fingerprint density at radius 1 is 0.926 bits per heavy atom. The van der Waals surface area contributed by atoms with E-state index in [0.29, 0.717) is 0 Å². The Kier molecular flexibility index (Phi) is 13.1. The van der Waals surface area contributed by atoms with Crippen LogP contribution in [0.4, 0.5) is 0 Å². The van der Waals surface area contributed by atoms with Crippen LogP contribution in [0.3, 0.4) is 0 Å². The Balaban J connectivity index is 0.000000488. The molecule has 0 atom stereocenters. The van der Waals surface area contributed by atoms with Crippen LogP contribution in [0.25, 0.3) is 6.08 Å². The summed E-state index contributed by atoms with van der Waals surface area (Å²) in [5.41, 5.74) is 2.33. The van der Waals surface area contributed by atoms with E-state index in [1.807, 2.05) is 51.1 Å². The molecule has 0 N–H and O–H groups in total. The van der Waals surface area contributed by atoms with Crippen LogP contribution in [0.5, 0.6) is 17.2 Å². The fraction of sp³-hybridized carbons (Fsp3) is 0.391. The molecule has 0 saturated carbocycles. The van der Waals surface area contributed by atoms with Gasteiger partial charge in [-0.2, -0.15) is 0 Å². The molecule has 1 aromatic carbocycles. The molecule has 0 amide bonds. The average molecular weight is 375 g/mol. The summed E-state index contributed by atoms with van der Waals surface area (Å²) in [4.78, 5) is 0. The molecular formula is C23H34O4. The lowest BCUT2D eigenvalue weighted by Crippen LogP contribution is -1.94. The second kappa shape index (κ2) is 14.5. The van der Waals surface area contributed by atoms with Gasteiger partial charge in [-0.3, -0.25) is 0 Å². The standard InChI is InChI=1S/C12H16O3.C9H12O.C2H6/c1-5-6-10-11(14-3)7-9(13-2)8-12(10)15-4;1-3-10-9-6-4-8(2)5-7-9;1-2/h5-8H,1-4H3;3-4,6H,1,5,7H2,2H3;1-2H3/b6-5+;;. The molecule has 0 saturated heterocycles. The Morgan fingerprint density at radius 2 is 1.52 bits per heavy atom. The Bertz CT molecular complexity index is 629. The highest BCUT2D eigenvalue weighted by molar-refractivity contribution is 5.66. The van der Waals surface area contributed by atoms with Gasteiger partial charge in [0.1, 0.15) is 23.0 Å². The van der Waals surface area contributed by atoms with Gasteiger partial charge < -0.3 is 18.9 Å². The summed E-state index contributed by atoms with van der Waals surface area (Å²) >= 11 is 0. The second-order valence-electron chi connectivity index (χ2n) is 5.38. The Hall–Kier alpha value is -2.62. The minimum atomic E-state index is 0.719. The van der Waals surface area contributed by atoms with E-state index >= 15 is 0 Å². The zero-order valence-electron chi connectivity index (χ0n) is 17.8. The van der Waals surface area contributed by atoms with Crippen LogP contribution in [0.1, 0.15) is 46.1 Å². The molecule has 4 heteroatoms. The highest BCUT2D eigenvalue weighted by Crippen LogP contribution is 2.34. The number of rotatable bonds is 6. The quantitative estimate of drug-likeness (QED) is 0.530. The first-order chi connectivity index (χ1) is 13.1. The van der Waals surface area contributed by atoms with Crippen LogP contribution in [0.15, 0.2) is 54.5 Å². The van der Waals surface area contributed by atoms with Gasteiger partial charge in [-0.15, -0.1) is 0 Å². The molecule has 1 aromatic rings. The highest BCUT2D eigenvalue weighted by Gasteiger charge is 2.09. The minimum absolute atomic E-state index is 0.719. The maximum atomic E-state index is 5.27. The van der Waals surface area contributed by atoms with Gasteiger partial charge in [0.15, 0.2) is 0 Å². The molecule has 0 spiro atoms. The van der Waals surface area contributed by atoms with Gasteiger partial charge in [0.25, 0.3) is 0 Å². The molecule has 150 valence electrons. The smallest absolute Gasteiger partial charge is 0.133 e. The van der Waals surface area contributed by atoms with Gasteiger partial charge in [0.05, 0.1) is 33.2 Å². The van der Waals surface area contributed by atoms with Crippen LogP contribution in [0, 0.1) is 0 Å². The molecule has 2 rings (SSSR count). The van der Waals surface area contributed by atoms with Crippen molar-refractivity contribution in [2.24, 2.45) is 0 Å². The molecule has 4 nitrogen and oxygen atoms in total. The number of allylic oxidation sites excluding steroid dienone is 5. The van der Waals surface area contributed by atoms with Crippen LogP contribution < -0.4 is 14.2 Å². The summed E-state index contributed by atoms with van der Waals surface area (Å²) in [6.07, 6.45) is 11.6. The van der Waals surface area contributed by atoms with Crippen molar-refractivity contribution in [2.75, 3.05) is 21.3 Å². The van der Waals surface area contributed by atoms with Crippen molar-refractivity contribution < 1.29 is 18.9 Å². The fourth-order valence-corrected chi connectivity index (χ4v) is 2.29. The summed E-state index contributed by atoms with van der Waals surface area (Å²) in [5, 5.41) is 0. The van der Waals surface area contributed by atoms with Crippen LogP contribution in [-0.4, -0.2) is 21.3 Å². The second-order valence-corrected chi connectivity index (χ2v) is 5.38. The van der Waals surface area contributed by atoms with Crippen molar-refractivity contribution in [3.05, 3.63) is 60.1 Å². The van der Waals surface area contributed by atoms with E-state index in [4.69, 9.17) is 18.9 Å². The number of benzene rings is 1. The fourth-order valence-electron chi connectivity index (χ4n) is 2.29. The molecule has 0 bridgehead atoms. The SMILES string of the molecule is C/C=C/c1c(OC)cc(OC)cc1OC.C=COC1=CC=C(C)CC1.CC. The largest absolute Gasteiger partial charge is 0.496 e. The predicted molar refractivity (Wildman–Crippen MR) is 115 cm³/mol. The minimum Gasteiger partial charge on any atom is -0.496 e. The van der Waals surface area contributed by atoms with E-state index < -0.39 is 0 Å². The summed E-state index contributed by atoms with van der Waals surface area (Å²) < 4.78 is 20.8. The lowest BCUT2D eigenvalue weighted by Gasteiger charge is -2.12. The van der Waals surface area contributed by atoms with Crippen molar-refractivity contribution in [1.82, 2.24) is 0 Å². The molecule has 0 radical (unpaired) electrons. The van der Waals surface area contributed by atoms with E-state index in [2.05, 4.69) is 19.6 Å². The molecule has 27 heavy (non-hydrogen) atoms. The third-order valence-electron chi connectivity index (χ3n) is 3.64. The summed E-state index contributed by atoms with van der Waals surface area (Å²) in [7, 11) is 4.87. The Labute approximate surface area is 164 Å². The summed E-state index contributed by atoms with van der Waals surface area (Å²) in [6, 6.07) is 3.66. The molecule has 1 aliphatic rings. The van der Waals surface area contributed by atoms with Crippen molar-refractivity contribution in [1.29, 1.82) is 0 Å². The lowest BCUT2D eigenvalue weighted by atomic mass is 10.1. The lowest BCUT2D eigenvalue weighted by molar-refractivity contribution is 0.333. The maximum Gasteiger partial charge on any atom is 0.133 e. The molecule has 0 heterocycles. The number of hydrogen-bond donors (Lipinski definition) is 0. The zero-order valence-corrected chi connectivity index (χ0v) is 17.8. The van der Waals surface area contributed by atoms with Gasteiger partial charge in [0.2, 0.25) is 0 Å². The third-order valence-corrected chi connectivity index (χ3v) is 3.64. The molecular weight excluding hydrogens is 340 g/mol. The zero-order chi connectivity index (χ0) is 20.7. The van der Waals surface area contributed by atoms with Crippen molar-refractivity contribution >= 4 is 6.08 Å². The number of hydrogen-bond acceptors (Lipinski definition) is 4. The average Bonchev–Trinajstić information content (AvgIpc) is 2.72. The van der Waals surface area contributed by atoms with E-state index in [0.717, 1.165) is 41.4 Å². The van der Waals surface area contributed by atoms with Crippen LogP contribution >= 0.6 is 0 Å². The summed E-state index contributed by atoms with van der Waals surface area (Å²) in [6.45, 7) is 11.6. The van der Waals surface area contributed by atoms with Gasteiger partial charge in [-0.1, -0.05) is 44.2 Å². The monoisotopic (exact) mass is 374 g/mol. The number of methoxy groups -OCH3 is 3. The number of ether oxygens (including phenoxy) is 4. The first-order valence-corrected chi connectivity index (χ1v) is 9.16. The third kappa shape index (κ3) is 8.54. The van der Waals surface area contributed by atoms with Crippen LogP contribution in [-0.2, 0) is 4.74 Å². The van der Waals surface area contributed by atoms with E-state index in [9.17, 15) is 0 Å². The first kappa shape index (κ1) is 24.4. The topological polar surface area (TPSA) is 36.9 Å². The van der Waals surface area contributed by atoms with Crippen molar-refractivity contribution in [3.63, 3.8) is 0 Å². The van der Waals surface area contributed by atoms with Crippen molar-refractivity contribution in [2.45, 2.75) is 40.5 Å².